The number of nitrogens with one attached hydrogen (secondary N) is 1. The average Bonchev–Trinajstić information content (AvgIpc) is 3.18. The molecule has 0 spiro atoms. The molecule has 31 heavy (non-hydrogen) atoms. The molecule has 0 saturated carbocycles. The van der Waals surface area contributed by atoms with Crippen LogP contribution in [-0.2, 0) is 16.1 Å². The third kappa shape index (κ3) is 4.58. The van der Waals surface area contributed by atoms with Gasteiger partial charge in [0.15, 0.2) is 6.10 Å². The second kappa shape index (κ2) is 8.74. The zero-order valence-corrected chi connectivity index (χ0v) is 16.7. The molecule has 0 aliphatic carbocycles. The van der Waals surface area contributed by atoms with E-state index in [1.807, 2.05) is 24.3 Å². The summed E-state index contributed by atoms with van der Waals surface area (Å²) in [6, 6.07) is 20.3. The Morgan fingerprint density at radius 1 is 1.03 bits per heavy atom. The fraction of sp³-hybridized carbons (Fsp3) is 0.130. The van der Waals surface area contributed by atoms with Crippen molar-refractivity contribution in [1.29, 1.82) is 0 Å². The van der Waals surface area contributed by atoms with Crippen molar-refractivity contribution >= 4 is 28.6 Å². The minimum Gasteiger partial charge on any atom is -0.449 e. The molecule has 8 heteroatoms. The number of aromatic nitrogens is 3. The van der Waals surface area contributed by atoms with E-state index < -0.39 is 23.8 Å². The van der Waals surface area contributed by atoms with Gasteiger partial charge in [-0.15, -0.1) is 5.10 Å². The van der Waals surface area contributed by atoms with Gasteiger partial charge in [-0.2, -0.15) is 0 Å². The third-order valence-electron chi connectivity index (χ3n) is 4.73. The van der Waals surface area contributed by atoms with E-state index in [-0.39, 0.29) is 5.69 Å². The van der Waals surface area contributed by atoms with Gasteiger partial charge in [0.2, 0.25) is 0 Å². The lowest BCUT2D eigenvalue weighted by Crippen LogP contribution is -2.30. The van der Waals surface area contributed by atoms with E-state index in [9.17, 15) is 14.0 Å². The standard InChI is InChI=1S/C23H19FN4O3/c1-15(22(29)25-19-7-3-2-6-18(19)24)31-23(30)17-12-10-16(11-13-17)14-28-21-9-5-4-8-20(21)26-27-28/h2-13,15H,14H2,1H3,(H,25,29)/t15-/m0/s1. The molecular formula is C23H19FN4O3. The molecule has 7 nitrogen and oxygen atoms in total. The summed E-state index contributed by atoms with van der Waals surface area (Å²) >= 11 is 0. The number of carbonyl (C=O) groups is 2. The first-order valence-electron chi connectivity index (χ1n) is 9.65. The lowest BCUT2D eigenvalue weighted by Gasteiger charge is -2.14. The van der Waals surface area contributed by atoms with Crippen molar-refractivity contribution in [3.05, 3.63) is 89.7 Å². The maximum Gasteiger partial charge on any atom is 0.338 e. The Balaban J connectivity index is 1.37. The summed E-state index contributed by atoms with van der Waals surface area (Å²) in [5.41, 5.74) is 2.99. The Morgan fingerprint density at radius 3 is 2.52 bits per heavy atom. The predicted molar refractivity (Wildman–Crippen MR) is 113 cm³/mol. The van der Waals surface area contributed by atoms with Crippen molar-refractivity contribution < 1.29 is 18.7 Å². The van der Waals surface area contributed by atoms with Crippen molar-refractivity contribution in [2.24, 2.45) is 0 Å². The van der Waals surface area contributed by atoms with Crippen molar-refractivity contribution in [3.63, 3.8) is 0 Å². The van der Waals surface area contributed by atoms with Gasteiger partial charge in [0.1, 0.15) is 11.3 Å². The Labute approximate surface area is 177 Å². The number of carbonyl (C=O) groups excluding carboxylic acids is 2. The minimum absolute atomic E-state index is 0.0281. The quantitative estimate of drug-likeness (QED) is 0.482. The van der Waals surface area contributed by atoms with E-state index in [1.54, 1.807) is 35.0 Å². The molecule has 156 valence electrons. The Kier molecular flexibility index (Phi) is 5.70. The van der Waals surface area contributed by atoms with Crippen LogP contribution in [0.25, 0.3) is 11.0 Å². The number of esters is 1. The van der Waals surface area contributed by atoms with Gasteiger partial charge in [-0.25, -0.2) is 13.9 Å². The van der Waals surface area contributed by atoms with Gasteiger partial charge in [-0.3, -0.25) is 4.79 Å². The summed E-state index contributed by atoms with van der Waals surface area (Å²) in [7, 11) is 0. The van der Waals surface area contributed by atoms with Gasteiger partial charge < -0.3 is 10.1 Å². The van der Waals surface area contributed by atoms with Crippen LogP contribution >= 0.6 is 0 Å². The predicted octanol–water partition coefficient (Wildman–Crippen LogP) is 3.80. The molecule has 4 aromatic rings. The summed E-state index contributed by atoms with van der Waals surface area (Å²) in [5, 5.41) is 10.7. The van der Waals surface area contributed by atoms with Gasteiger partial charge in [-0.05, 0) is 48.9 Å². The van der Waals surface area contributed by atoms with Crippen LogP contribution in [0, 0.1) is 5.82 Å². The smallest absolute Gasteiger partial charge is 0.338 e. The highest BCUT2D eigenvalue weighted by molar-refractivity contribution is 5.97. The highest BCUT2D eigenvalue weighted by atomic mass is 19.1. The van der Waals surface area contributed by atoms with Crippen LogP contribution in [0.15, 0.2) is 72.8 Å². The van der Waals surface area contributed by atoms with Gasteiger partial charge in [0, 0.05) is 0 Å². The van der Waals surface area contributed by atoms with E-state index in [0.29, 0.717) is 12.1 Å². The maximum atomic E-state index is 13.7. The number of anilines is 1. The Hall–Kier alpha value is -4.07. The summed E-state index contributed by atoms with van der Waals surface area (Å²) in [4.78, 5) is 24.6. The Bertz CT molecular complexity index is 1240. The fourth-order valence-electron chi connectivity index (χ4n) is 3.03. The van der Waals surface area contributed by atoms with Crippen molar-refractivity contribution in [2.75, 3.05) is 5.32 Å². The van der Waals surface area contributed by atoms with Crippen molar-refractivity contribution in [3.8, 4) is 0 Å². The number of rotatable bonds is 6. The lowest BCUT2D eigenvalue weighted by molar-refractivity contribution is -0.123. The highest BCUT2D eigenvalue weighted by Gasteiger charge is 2.20. The van der Waals surface area contributed by atoms with Crippen LogP contribution in [0.4, 0.5) is 10.1 Å². The Morgan fingerprint density at radius 2 is 1.74 bits per heavy atom. The number of para-hydroxylation sites is 2. The summed E-state index contributed by atoms with van der Waals surface area (Å²) in [6.07, 6.45) is -1.09. The zero-order valence-electron chi connectivity index (χ0n) is 16.7. The van der Waals surface area contributed by atoms with Crippen LogP contribution in [0.1, 0.15) is 22.8 Å². The molecule has 1 N–H and O–H groups in total. The van der Waals surface area contributed by atoms with E-state index in [0.717, 1.165) is 16.6 Å². The second-order valence-corrected chi connectivity index (χ2v) is 6.95. The highest BCUT2D eigenvalue weighted by Crippen LogP contribution is 2.15. The fourth-order valence-corrected chi connectivity index (χ4v) is 3.03. The van der Waals surface area contributed by atoms with E-state index in [4.69, 9.17) is 4.74 Å². The third-order valence-corrected chi connectivity index (χ3v) is 4.73. The molecule has 1 atom stereocenters. The van der Waals surface area contributed by atoms with Gasteiger partial charge in [0.25, 0.3) is 5.91 Å². The van der Waals surface area contributed by atoms with Crippen LogP contribution in [0.5, 0.6) is 0 Å². The van der Waals surface area contributed by atoms with Gasteiger partial charge >= 0.3 is 5.97 Å². The lowest BCUT2D eigenvalue weighted by atomic mass is 10.1. The molecule has 0 bridgehead atoms. The molecule has 1 heterocycles. The van der Waals surface area contributed by atoms with Gasteiger partial charge in [-0.1, -0.05) is 41.6 Å². The molecule has 4 rings (SSSR count). The molecule has 0 fully saturated rings. The first-order chi connectivity index (χ1) is 15.0. The van der Waals surface area contributed by atoms with E-state index >= 15 is 0 Å². The van der Waals surface area contributed by atoms with Crippen LogP contribution in [0.3, 0.4) is 0 Å². The maximum absolute atomic E-state index is 13.7. The molecule has 0 radical (unpaired) electrons. The minimum atomic E-state index is -1.09. The number of benzene rings is 3. The van der Waals surface area contributed by atoms with E-state index in [2.05, 4.69) is 15.6 Å². The number of amides is 1. The molecule has 1 aromatic heterocycles. The van der Waals surface area contributed by atoms with Crippen LogP contribution < -0.4 is 5.32 Å². The normalized spacial score (nSPS) is 11.8. The molecule has 0 aliphatic rings. The first-order valence-corrected chi connectivity index (χ1v) is 9.65. The zero-order chi connectivity index (χ0) is 21.8. The molecular weight excluding hydrogens is 399 g/mol. The monoisotopic (exact) mass is 418 g/mol. The number of hydrogen-bond acceptors (Lipinski definition) is 5. The number of fused-ring (bicyclic) bond motifs is 1. The van der Waals surface area contributed by atoms with Crippen LogP contribution in [-0.4, -0.2) is 33.0 Å². The average molecular weight is 418 g/mol. The molecule has 3 aromatic carbocycles. The number of ether oxygens (including phenoxy) is 1. The summed E-state index contributed by atoms with van der Waals surface area (Å²) in [6.45, 7) is 1.93. The largest absolute Gasteiger partial charge is 0.449 e. The first kappa shape index (κ1) is 20.2. The SMILES string of the molecule is C[C@H](OC(=O)c1ccc(Cn2nnc3ccccc32)cc1)C(=O)Nc1ccccc1F. The van der Waals surface area contributed by atoms with Gasteiger partial charge in [0.05, 0.1) is 23.3 Å². The summed E-state index contributed by atoms with van der Waals surface area (Å²) in [5.74, 6) is -1.83. The molecule has 1 amide bonds. The van der Waals surface area contributed by atoms with E-state index in [1.165, 1.54) is 25.1 Å². The van der Waals surface area contributed by atoms with Crippen LogP contribution in [0.2, 0.25) is 0 Å². The number of hydrogen-bond donors (Lipinski definition) is 1. The number of halogens is 1. The summed E-state index contributed by atoms with van der Waals surface area (Å²) < 4.78 is 20.7. The molecule has 0 unspecified atom stereocenters. The van der Waals surface area contributed by atoms with Crippen molar-refractivity contribution in [1.82, 2.24) is 15.0 Å². The second-order valence-electron chi connectivity index (χ2n) is 6.95. The number of nitrogens with zero attached hydrogens (tertiary/aromatic N) is 3. The molecule has 0 aliphatic heterocycles. The van der Waals surface area contributed by atoms with Crippen molar-refractivity contribution in [2.45, 2.75) is 19.6 Å². The molecule has 0 saturated heterocycles. The topological polar surface area (TPSA) is 86.1 Å².